The molecule has 0 aliphatic carbocycles. The minimum absolute atomic E-state index is 0.0530. The van der Waals surface area contributed by atoms with Crippen LogP contribution >= 0.6 is 23.2 Å². The molecule has 108 valence electrons. The quantitative estimate of drug-likeness (QED) is 0.523. The van der Waals surface area contributed by atoms with E-state index in [4.69, 9.17) is 23.2 Å². The molecule has 6 heteroatoms. The van der Waals surface area contributed by atoms with Crippen LogP contribution < -0.4 is 0 Å². The van der Waals surface area contributed by atoms with Crippen LogP contribution in [-0.4, -0.2) is 25.3 Å². The number of halogens is 5. The molecule has 0 amide bonds. The first-order valence-electron chi connectivity index (χ1n) is 5.85. The number of benzene rings is 1. The van der Waals surface area contributed by atoms with Gasteiger partial charge in [-0.25, -0.2) is 0 Å². The van der Waals surface area contributed by atoms with Crippen LogP contribution in [-0.2, 0) is 11.2 Å². The van der Waals surface area contributed by atoms with Crippen molar-refractivity contribution in [3.05, 3.63) is 34.9 Å². The molecule has 0 aliphatic rings. The predicted octanol–water partition coefficient (Wildman–Crippen LogP) is 4.71. The Hall–Kier alpha value is -0.450. The third-order valence-corrected chi connectivity index (χ3v) is 3.24. The second-order valence-corrected chi connectivity index (χ2v) is 5.06. The third kappa shape index (κ3) is 7.65. The second kappa shape index (κ2) is 7.98. The van der Waals surface area contributed by atoms with Gasteiger partial charge in [0.25, 0.3) is 0 Å². The maximum atomic E-state index is 11.9. The lowest BCUT2D eigenvalue weighted by molar-refractivity contribution is -0.174. The Labute approximate surface area is 120 Å². The highest BCUT2D eigenvalue weighted by molar-refractivity contribution is 6.30. The summed E-state index contributed by atoms with van der Waals surface area (Å²) >= 11 is 11.7. The average Bonchev–Trinajstić information content (AvgIpc) is 2.32. The Morgan fingerprint density at radius 1 is 1.26 bits per heavy atom. The number of hydrogen-bond acceptors (Lipinski definition) is 1. The Morgan fingerprint density at radius 2 is 2.00 bits per heavy atom. The van der Waals surface area contributed by atoms with Crippen molar-refractivity contribution in [1.29, 1.82) is 0 Å². The molecule has 0 saturated carbocycles. The van der Waals surface area contributed by atoms with Crippen molar-refractivity contribution in [2.75, 3.05) is 19.1 Å². The Balaban J connectivity index is 2.34. The summed E-state index contributed by atoms with van der Waals surface area (Å²) in [6.07, 6.45) is -3.10. The molecule has 1 aromatic carbocycles. The van der Waals surface area contributed by atoms with Gasteiger partial charge in [-0.2, -0.15) is 13.2 Å². The molecule has 0 aromatic heterocycles. The molecular formula is C13H15Cl2F3O. The number of alkyl halides is 4. The van der Waals surface area contributed by atoms with Gasteiger partial charge in [-0.15, -0.1) is 11.6 Å². The molecule has 1 nitrogen and oxygen atoms in total. The van der Waals surface area contributed by atoms with Crippen molar-refractivity contribution in [3.63, 3.8) is 0 Å². The summed E-state index contributed by atoms with van der Waals surface area (Å²) in [5, 5.41) is 0.638. The van der Waals surface area contributed by atoms with Gasteiger partial charge in [0, 0.05) is 17.5 Å². The predicted molar refractivity (Wildman–Crippen MR) is 70.9 cm³/mol. The molecule has 0 bridgehead atoms. The summed E-state index contributed by atoms with van der Waals surface area (Å²) in [6, 6.07) is 7.36. The maximum absolute atomic E-state index is 11.9. The maximum Gasteiger partial charge on any atom is 0.411 e. The lowest BCUT2D eigenvalue weighted by Crippen LogP contribution is -2.19. The number of rotatable bonds is 7. The highest BCUT2D eigenvalue weighted by Crippen LogP contribution is 2.19. The van der Waals surface area contributed by atoms with Crippen molar-refractivity contribution in [3.8, 4) is 0 Å². The monoisotopic (exact) mass is 314 g/mol. The zero-order valence-corrected chi connectivity index (χ0v) is 11.7. The topological polar surface area (TPSA) is 9.23 Å². The van der Waals surface area contributed by atoms with Crippen molar-refractivity contribution in [2.24, 2.45) is 5.92 Å². The Morgan fingerprint density at radius 3 is 2.58 bits per heavy atom. The van der Waals surface area contributed by atoms with E-state index >= 15 is 0 Å². The molecule has 1 unspecified atom stereocenters. The van der Waals surface area contributed by atoms with E-state index in [1.807, 2.05) is 18.2 Å². The summed E-state index contributed by atoms with van der Waals surface area (Å²) in [4.78, 5) is 0. The van der Waals surface area contributed by atoms with Gasteiger partial charge in [-0.1, -0.05) is 23.7 Å². The summed E-state index contributed by atoms with van der Waals surface area (Å²) in [6.45, 7) is -1.16. The Bertz CT molecular complexity index is 382. The van der Waals surface area contributed by atoms with Gasteiger partial charge in [0.05, 0.1) is 0 Å². The summed E-state index contributed by atoms with van der Waals surface area (Å²) in [7, 11) is 0. The molecule has 0 fully saturated rings. The average molecular weight is 315 g/mol. The third-order valence-electron chi connectivity index (χ3n) is 2.57. The fourth-order valence-corrected chi connectivity index (χ4v) is 2.15. The molecule has 1 atom stereocenters. The molecular weight excluding hydrogens is 300 g/mol. The SMILES string of the molecule is FC(F)(F)COCCC(CCl)Cc1cccc(Cl)c1. The zero-order valence-electron chi connectivity index (χ0n) is 10.2. The van der Waals surface area contributed by atoms with Crippen LogP contribution in [0.3, 0.4) is 0 Å². The van der Waals surface area contributed by atoms with Crippen molar-refractivity contribution in [2.45, 2.75) is 19.0 Å². The molecule has 0 saturated heterocycles. The molecule has 0 aliphatic heterocycles. The van der Waals surface area contributed by atoms with Gasteiger partial charge in [-0.05, 0) is 36.5 Å². The van der Waals surface area contributed by atoms with E-state index in [1.54, 1.807) is 6.07 Å². The van der Waals surface area contributed by atoms with Gasteiger partial charge in [0.1, 0.15) is 6.61 Å². The van der Waals surface area contributed by atoms with E-state index in [1.165, 1.54) is 0 Å². The molecule has 0 heterocycles. The lowest BCUT2D eigenvalue weighted by Gasteiger charge is -2.15. The lowest BCUT2D eigenvalue weighted by atomic mass is 9.98. The normalized spacial score (nSPS) is 13.5. The van der Waals surface area contributed by atoms with Gasteiger partial charge >= 0.3 is 6.18 Å². The van der Waals surface area contributed by atoms with E-state index < -0.39 is 12.8 Å². The van der Waals surface area contributed by atoms with Crippen molar-refractivity contribution >= 4 is 23.2 Å². The van der Waals surface area contributed by atoms with E-state index in [0.29, 0.717) is 23.7 Å². The van der Waals surface area contributed by atoms with Gasteiger partial charge in [0.2, 0.25) is 0 Å². The number of ether oxygens (including phenoxy) is 1. The largest absolute Gasteiger partial charge is 0.411 e. The highest BCUT2D eigenvalue weighted by atomic mass is 35.5. The summed E-state index contributed by atoms with van der Waals surface area (Å²) < 4.78 is 40.2. The minimum atomic E-state index is -4.27. The van der Waals surface area contributed by atoms with Crippen LogP contribution in [0.4, 0.5) is 13.2 Å². The standard InChI is InChI=1S/C13H15Cl2F3O/c14-8-11(4-5-19-9-13(16,17)18)6-10-2-1-3-12(15)7-10/h1-3,7,11H,4-6,8-9H2. The van der Waals surface area contributed by atoms with Gasteiger partial charge in [-0.3, -0.25) is 0 Å². The Kier molecular flexibility index (Phi) is 6.97. The zero-order chi connectivity index (χ0) is 14.3. The van der Waals surface area contributed by atoms with E-state index in [0.717, 1.165) is 5.56 Å². The van der Waals surface area contributed by atoms with Crippen LogP contribution in [0.1, 0.15) is 12.0 Å². The van der Waals surface area contributed by atoms with Crippen LogP contribution in [0, 0.1) is 5.92 Å². The smallest absolute Gasteiger partial charge is 0.372 e. The first kappa shape index (κ1) is 16.6. The molecule has 0 spiro atoms. The highest BCUT2D eigenvalue weighted by Gasteiger charge is 2.27. The van der Waals surface area contributed by atoms with Crippen LogP contribution in [0.2, 0.25) is 5.02 Å². The summed E-state index contributed by atoms with van der Waals surface area (Å²) in [5.41, 5.74) is 1.02. The number of hydrogen-bond donors (Lipinski definition) is 0. The fraction of sp³-hybridized carbons (Fsp3) is 0.538. The first-order valence-corrected chi connectivity index (χ1v) is 6.77. The minimum Gasteiger partial charge on any atom is -0.372 e. The fourth-order valence-electron chi connectivity index (χ4n) is 1.67. The van der Waals surface area contributed by atoms with E-state index in [2.05, 4.69) is 4.74 Å². The molecule has 1 rings (SSSR count). The second-order valence-electron chi connectivity index (χ2n) is 4.31. The van der Waals surface area contributed by atoms with Gasteiger partial charge < -0.3 is 4.74 Å². The van der Waals surface area contributed by atoms with Crippen molar-refractivity contribution < 1.29 is 17.9 Å². The molecule has 0 N–H and O–H groups in total. The van der Waals surface area contributed by atoms with Crippen LogP contribution in [0.5, 0.6) is 0 Å². The summed E-state index contributed by atoms with van der Waals surface area (Å²) in [5.74, 6) is 0.454. The van der Waals surface area contributed by atoms with E-state index in [-0.39, 0.29) is 12.5 Å². The molecule has 1 aromatic rings. The van der Waals surface area contributed by atoms with Crippen molar-refractivity contribution in [1.82, 2.24) is 0 Å². The molecule has 0 radical (unpaired) electrons. The van der Waals surface area contributed by atoms with Gasteiger partial charge in [0.15, 0.2) is 0 Å². The van der Waals surface area contributed by atoms with E-state index in [9.17, 15) is 13.2 Å². The van der Waals surface area contributed by atoms with Crippen LogP contribution in [0.15, 0.2) is 24.3 Å². The molecule has 19 heavy (non-hydrogen) atoms. The van der Waals surface area contributed by atoms with Crippen LogP contribution in [0.25, 0.3) is 0 Å². The first-order chi connectivity index (χ1) is 8.90.